The molecule has 0 radical (unpaired) electrons. The number of hydrogen-bond acceptors (Lipinski definition) is 4. The minimum atomic E-state index is -4.32. The topological polar surface area (TPSA) is 58.9 Å². The highest BCUT2D eigenvalue weighted by Gasteiger charge is 2.31. The second kappa shape index (κ2) is 6.62. The lowest BCUT2D eigenvalue weighted by atomic mass is 10.2. The minimum absolute atomic E-state index is 0.231. The fourth-order valence-corrected chi connectivity index (χ4v) is 1.85. The molecule has 1 atom stereocenters. The number of nitrogens with zero attached hydrogens (tertiary/aromatic N) is 1. The van der Waals surface area contributed by atoms with Gasteiger partial charge in [0.1, 0.15) is 7.11 Å². The van der Waals surface area contributed by atoms with Gasteiger partial charge in [-0.25, -0.2) is 4.79 Å². The molecule has 0 spiro atoms. The summed E-state index contributed by atoms with van der Waals surface area (Å²) in [5.74, 6) is -2.48. The highest BCUT2D eigenvalue weighted by molar-refractivity contribution is 8.00. The van der Waals surface area contributed by atoms with E-state index in [1.807, 2.05) is 0 Å². The van der Waals surface area contributed by atoms with Crippen molar-refractivity contribution < 1.29 is 27.9 Å². The van der Waals surface area contributed by atoms with Crippen molar-refractivity contribution in [2.24, 2.45) is 5.16 Å². The van der Waals surface area contributed by atoms with Gasteiger partial charge in [-0.2, -0.15) is 13.2 Å². The largest absolute Gasteiger partial charge is 0.477 e. The van der Waals surface area contributed by atoms with Crippen LogP contribution in [-0.2, 0) is 9.63 Å². The molecule has 1 N–H and O–H groups in total. The molecule has 16 heavy (non-hydrogen) atoms. The van der Waals surface area contributed by atoms with Gasteiger partial charge < -0.3 is 9.94 Å². The quantitative estimate of drug-likeness (QED) is 0.586. The molecule has 1 unspecified atom stereocenters. The highest BCUT2D eigenvalue weighted by atomic mass is 32.2. The van der Waals surface area contributed by atoms with Gasteiger partial charge in [-0.3, -0.25) is 0 Å². The normalized spacial score (nSPS) is 14.7. The van der Waals surface area contributed by atoms with E-state index in [1.165, 1.54) is 0 Å². The molecule has 0 aliphatic rings. The van der Waals surface area contributed by atoms with Crippen LogP contribution in [0.5, 0.6) is 0 Å². The smallest absolute Gasteiger partial charge is 0.397 e. The van der Waals surface area contributed by atoms with Gasteiger partial charge >= 0.3 is 12.1 Å². The molecule has 8 heteroatoms. The first-order valence-corrected chi connectivity index (χ1v) is 5.39. The number of carboxylic acids is 1. The molecule has 0 bridgehead atoms. The number of carbonyl (C=O) groups is 1. The monoisotopic (exact) mass is 259 g/mol. The van der Waals surface area contributed by atoms with E-state index in [0.717, 1.165) is 7.11 Å². The van der Waals surface area contributed by atoms with Crippen molar-refractivity contribution in [1.29, 1.82) is 0 Å². The summed E-state index contributed by atoms with van der Waals surface area (Å²) in [6.45, 7) is 1.59. The molecule has 4 nitrogen and oxygen atoms in total. The lowest BCUT2D eigenvalue weighted by Crippen LogP contribution is -2.28. The van der Waals surface area contributed by atoms with Gasteiger partial charge in [-0.15, -0.1) is 11.8 Å². The van der Waals surface area contributed by atoms with Crippen LogP contribution >= 0.6 is 11.8 Å². The highest BCUT2D eigenvalue weighted by Crippen LogP contribution is 2.26. The summed E-state index contributed by atoms with van der Waals surface area (Å²) in [5.41, 5.74) is -0.403. The standard InChI is InChI=1S/C8H12F3NO3S/c1-3-5(16-4-8(9,10)11)6(7(13)14)12-15-2/h5H,3-4H2,1-2H3,(H,13,14). The first-order chi connectivity index (χ1) is 7.31. The van der Waals surface area contributed by atoms with Crippen LogP contribution in [-0.4, -0.2) is 41.1 Å². The molecule has 94 valence electrons. The van der Waals surface area contributed by atoms with Crippen LogP contribution in [0.3, 0.4) is 0 Å². The number of oxime groups is 1. The molecule has 0 heterocycles. The summed E-state index contributed by atoms with van der Waals surface area (Å²) in [7, 11) is 1.14. The lowest BCUT2D eigenvalue weighted by Gasteiger charge is -2.14. The third kappa shape index (κ3) is 5.84. The fourth-order valence-electron chi connectivity index (χ4n) is 0.919. The van der Waals surface area contributed by atoms with Crippen molar-refractivity contribution in [3.8, 4) is 0 Å². The molecule has 0 aromatic heterocycles. The van der Waals surface area contributed by atoms with E-state index >= 15 is 0 Å². The summed E-state index contributed by atoms with van der Waals surface area (Å²) in [6.07, 6.45) is -4.09. The van der Waals surface area contributed by atoms with Gasteiger partial charge in [0.15, 0.2) is 5.71 Å². The number of thioether (sulfide) groups is 1. The molecule has 0 saturated carbocycles. The molecule has 0 aliphatic carbocycles. The summed E-state index contributed by atoms with van der Waals surface area (Å²) >= 11 is 0.488. The van der Waals surface area contributed by atoms with E-state index in [4.69, 9.17) is 5.11 Å². The number of alkyl halides is 3. The summed E-state index contributed by atoms with van der Waals surface area (Å²) in [6, 6.07) is 0. The van der Waals surface area contributed by atoms with Crippen LogP contribution in [0.15, 0.2) is 5.16 Å². The zero-order valence-corrected chi connectivity index (χ0v) is 9.56. The van der Waals surface area contributed by atoms with Crippen molar-refractivity contribution in [3.05, 3.63) is 0 Å². The van der Waals surface area contributed by atoms with Gasteiger partial charge in [0.25, 0.3) is 0 Å². The van der Waals surface area contributed by atoms with Crippen LogP contribution < -0.4 is 0 Å². The van der Waals surface area contributed by atoms with E-state index in [2.05, 4.69) is 9.99 Å². The van der Waals surface area contributed by atoms with E-state index in [1.54, 1.807) is 6.92 Å². The number of rotatable bonds is 6. The predicted molar refractivity (Wildman–Crippen MR) is 54.7 cm³/mol. The molecular weight excluding hydrogens is 247 g/mol. The number of aliphatic carboxylic acids is 1. The third-order valence-electron chi connectivity index (χ3n) is 1.53. The molecule has 0 amide bonds. The Morgan fingerprint density at radius 3 is 2.44 bits per heavy atom. The Bertz CT molecular complexity index is 268. The Balaban J connectivity index is 4.57. The number of halogens is 3. The van der Waals surface area contributed by atoms with Crippen molar-refractivity contribution in [1.82, 2.24) is 0 Å². The van der Waals surface area contributed by atoms with E-state index in [0.29, 0.717) is 11.8 Å². The van der Waals surface area contributed by atoms with Gasteiger partial charge in [-0.05, 0) is 6.42 Å². The molecule has 0 aromatic rings. The minimum Gasteiger partial charge on any atom is -0.477 e. The molecule has 0 saturated heterocycles. The predicted octanol–water partition coefficient (Wildman–Crippen LogP) is 2.15. The first kappa shape index (κ1) is 15.1. The molecule has 0 aromatic carbocycles. The van der Waals surface area contributed by atoms with Crippen molar-refractivity contribution in [2.45, 2.75) is 24.8 Å². The summed E-state index contributed by atoms with van der Waals surface area (Å²) in [5, 5.41) is 11.1. The average Bonchev–Trinajstić information content (AvgIpc) is 2.15. The fraction of sp³-hybridized carbons (Fsp3) is 0.750. The molecule has 0 aliphatic heterocycles. The average molecular weight is 259 g/mol. The second-order valence-electron chi connectivity index (χ2n) is 2.79. The van der Waals surface area contributed by atoms with Gasteiger partial charge in [0.2, 0.25) is 0 Å². The SMILES string of the molecule is CCC(SCC(F)(F)F)C(=NOC)C(=O)O. The van der Waals surface area contributed by atoms with Crippen molar-refractivity contribution in [3.63, 3.8) is 0 Å². The molecule has 0 rings (SSSR count). The number of carboxylic acid groups (broad SMARTS) is 1. The Morgan fingerprint density at radius 1 is 1.56 bits per heavy atom. The summed E-state index contributed by atoms with van der Waals surface area (Å²) < 4.78 is 35.9. The third-order valence-corrected chi connectivity index (χ3v) is 2.99. The van der Waals surface area contributed by atoms with Crippen LogP contribution in [0.25, 0.3) is 0 Å². The van der Waals surface area contributed by atoms with Crippen molar-refractivity contribution >= 4 is 23.4 Å². The van der Waals surface area contributed by atoms with Crippen LogP contribution in [0.1, 0.15) is 13.3 Å². The van der Waals surface area contributed by atoms with Crippen LogP contribution in [0.4, 0.5) is 13.2 Å². The Morgan fingerprint density at radius 2 is 2.12 bits per heavy atom. The maximum atomic E-state index is 12.0. The maximum Gasteiger partial charge on any atom is 0.397 e. The number of hydrogen-bond donors (Lipinski definition) is 1. The first-order valence-electron chi connectivity index (χ1n) is 4.34. The zero-order chi connectivity index (χ0) is 12.8. The van der Waals surface area contributed by atoms with E-state index in [-0.39, 0.29) is 6.42 Å². The second-order valence-corrected chi connectivity index (χ2v) is 3.98. The van der Waals surface area contributed by atoms with Gasteiger partial charge in [0, 0.05) is 0 Å². The van der Waals surface area contributed by atoms with Gasteiger partial charge in [-0.1, -0.05) is 12.1 Å². The van der Waals surface area contributed by atoms with Crippen LogP contribution in [0, 0.1) is 0 Å². The van der Waals surface area contributed by atoms with E-state index < -0.39 is 28.9 Å². The zero-order valence-electron chi connectivity index (χ0n) is 8.74. The molecule has 0 fully saturated rings. The van der Waals surface area contributed by atoms with Gasteiger partial charge in [0.05, 0.1) is 11.0 Å². The van der Waals surface area contributed by atoms with Crippen molar-refractivity contribution in [2.75, 3.05) is 12.9 Å². The molecular formula is C8H12F3NO3S. The Hall–Kier alpha value is -0.920. The lowest BCUT2D eigenvalue weighted by molar-refractivity contribution is -0.129. The van der Waals surface area contributed by atoms with Crippen LogP contribution in [0.2, 0.25) is 0 Å². The Labute approximate surface area is 94.8 Å². The van der Waals surface area contributed by atoms with E-state index in [9.17, 15) is 18.0 Å². The maximum absolute atomic E-state index is 12.0. The Kier molecular flexibility index (Phi) is 6.24. The summed E-state index contributed by atoms with van der Waals surface area (Å²) in [4.78, 5) is 15.0.